The van der Waals surface area contributed by atoms with Crippen molar-refractivity contribution in [3.63, 3.8) is 0 Å². The highest BCUT2D eigenvalue weighted by atomic mass is 35.5. The van der Waals surface area contributed by atoms with Crippen molar-refractivity contribution in [1.82, 2.24) is 5.43 Å². The Labute approximate surface area is 128 Å². The Hall–Kier alpha value is -1.91. The number of hydrogen-bond donors (Lipinski definition) is 1. The molecule has 20 heavy (non-hydrogen) atoms. The van der Waals surface area contributed by atoms with Crippen LogP contribution in [0.15, 0.2) is 60.0 Å². The Morgan fingerprint density at radius 1 is 1.25 bits per heavy atom. The predicted molar refractivity (Wildman–Crippen MR) is 73.8 cm³/mol. The smallest absolute Gasteiger partial charge is 0.305 e. The van der Waals surface area contributed by atoms with Crippen LogP contribution in [0.2, 0.25) is 5.02 Å². The third kappa shape index (κ3) is 5.38. The fourth-order valence-electron chi connectivity index (χ4n) is 1.51. The maximum Gasteiger partial charge on any atom is 0.305 e. The SMILES string of the molecule is O=C(C[n+]1ccccc1)N/N=C/c1cccc(Cl)c1.[Cl-]. The number of amides is 1. The molecule has 2 rings (SSSR count). The number of nitrogens with one attached hydrogen (secondary N) is 1. The molecule has 0 aliphatic carbocycles. The first-order valence-electron chi connectivity index (χ1n) is 5.75. The van der Waals surface area contributed by atoms with Crippen LogP contribution in [0.25, 0.3) is 0 Å². The lowest BCUT2D eigenvalue weighted by atomic mass is 10.2. The summed E-state index contributed by atoms with van der Waals surface area (Å²) in [6.45, 7) is 0.230. The van der Waals surface area contributed by atoms with Gasteiger partial charge in [0.1, 0.15) is 0 Å². The predicted octanol–water partition coefficient (Wildman–Crippen LogP) is -1.22. The molecule has 0 fully saturated rings. The van der Waals surface area contributed by atoms with Gasteiger partial charge in [0.15, 0.2) is 12.4 Å². The first-order chi connectivity index (χ1) is 9.24. The van der Waals surface area contributed by atoms with E-state index in [1.165, 1.54) is 0 Å². The Morgan fingerprint density at radius 2 is 2.00 bits per heavy atom. The molecule has 0 aliphatic heterocycles. The fraction of sp³-hybridized carbons (Fsp3) is 0.0714. The number of hydrazone groups is 1. The molecular weight excluding hydrogens is 297 g/mol. The van der Waals surface area contributed by atoms with Gasteiger partial charge in [0, 0.05) is 17.2 Å². The van der Waals surface area contributed by atoms with Gasteiger partial charge < -0.3 is 12.4 Å². The van der Waals surface area contributed by atoms with Crippen LogP contribution in [-0.2, 0) is 11.3 Å². The molecule has 0 atom stereocenters. The van der Waals surface area contributed by atoms with Crippen LogP contribution in [-0.4, -0.2) is 12.1 Å². The van der Waals surface area contributed by atoms with Crippen molar-refractivity contribution < 1.29 is 21.8 Å². The Balaban J connectivity index is 0.00000200. The molecule has 1 amide bonds. The van der Waals surface area contributed by atoms with Crippen molar-refractivity contribution in [2.75, 3.05) is 0 Å². The molecule has 0 saturated heterocycles. The van der Waals surface area contributed by atoms with Crippen LogP contribution in [0.4, 0.5) is 0 Å². The van der Waals surface area contributed by atoms with Gasteiger partial charge in [0.25, 0.3) is 0 Å². The van der Waals surface area contributed by atoms with Gasteiger partial charge in [-0.3, -0.25) is 4.79 Å². The van der Waals surface area contributed by atoms with Crippen LogP contribution < -0.4 is 22.4 Å². The zero-order valence-electron chi connectivity index (χ0n) is 10.5. The van der Waals surface area contributed by atoms with E-state index in [2.05, 4.69) is 10.5 Å². The van der Waals surface area contributed by atoms with E-state index in [1.54, 1.807) is 22.9 Å². The van der Waals surface area contributed by atoms with E-state index in [0.717, 1.165) is 5.56 Å². The average Bonchev–Trinajstić information content (AvgIpc) is 2.40. The summed E-state index contributed by atoms with van der Waals surface area (Å²) in [4.78, 5) is 11.6. The molecule has 1 aromatic heterocycles. The number of carbonyl (C=O) groups is 1. The van der Waals surface area contributed by atoms with Crippen LogP contribution in [0.1, 0.15) is 5.56 Å². The van der Waals surface area contributed by atoms with E-state index in [0.29, 0.717) is 5.02 Å². The van der Waals surface area contributed by atoms with Crippen LogP contribution in [0.5, 0.6) is 0 Å². The van der Waals surface area contributed by atoms with Crippen molar-refractivity contribution in [2.45, 2.75) is 6.54 Å². The molecular formula is C14H13Cl2N3O. The number of hydrogen-bond acceptors (Lipinski definition) is 2. The van der Waals surface area contributed by atoms with Crippen molar-refractivity contribution in [1.29, 1.82) is 0 Å². The summed E-state index contributed by atoms with van der Waals surface area (Å²) in [5.41, 5.74) is 3.30. The molecule has 0 radical (unpaired) electrons. The Kier molecular flexibility index (Phi) is 6.70. The monoisotopic (exact) mass is 309 g/mol. The van der Waals surface area contributed by atoms with E-state index >= 15 is 0 Å². The standard InChI is InChI=1S/C14H12ClN3O.ClH/c15-13-6-4-5-12(9-13)10-16-17-14(19)11-18-7-2-1-3-8-18;/h1-10H,11H2;1H/b16-10+;. The van der Waals surface area contributed by atoms with Crippen molar-refractivity contribution in [3.8, 4) is 0 Å². The second-order valence-electron chi connectivity index (χ2n) is 3.90. The minimum Gasteiger partial charge on any atom is -1.00 e. The normalized spacial score (nSPS) is 10.1. The highest BCUT2D eigenvalue weighted by Crippen LogP contribution is 2.08. The number of benzene rings is 1. The van der Waals surface area contributed by atoms with Crippen molar-refractivity contribution >= 4 is 23.7 Å². The number of aromatic nitrogens is 1. The minimum absolute atomic E-state index is 0. The maximum absolute atomic E-state index is 11.6. The van der Waals surface area contributed by atoms with Crippen LogP contribution >= 0.6 is 11.6 Å². The van der Waals surface area contributed by atoms with E-state index in [9.17, 15) is 4.79 Å². The van der Waals surface area contributed by atoms with Gasteiger partial charge in [0.2, 0.25) is 6.54 Å². The topological polar surface area (TPSA) is 45.3 Å². The first-order valence-corrected chi connectivity index (χ1v) is 6.13. The second-order valence-corrected chi connectivity index (χ2v) is 4.33. The average molecular weight is 310 g/mol. The quantitative estimate of drug-likeness (QED) is 0.430. The third-order valence-electron chi connectivity index (χ3n) is 2.36. The van der Waals surface area contributed by atoms with Gasteiger partial charge in [-0.2, -0.15) is 9.67 Å². The van der Waals surface area contributed by atoms with E-state index < -0.39 is 0 Å². The number of carbonyl (C=O) groups excluding carboxylic acids is 1. The zero-order chi connectivity index (χ0) is 13.5. The zero-order valence-corrected chi connectivity index (χ0v) is 12.1. The summed E-state index contributed by atoms with van der Waals surface area (Å²) in [5, 5.41) is 4.52. The molecule has 0 unspecified atom stereocenters. The van der Waals surface area contributed by atoms with Gasteiger partial charge >= 0.3 is 5.91 Å². The minimum atomic E-state index is -0.186. The molecule has 1 aromatic carbocycles. The number of pyridine rings is 1. The van der Waals surface area contributed by atoms with Crippen molar-refractivity contribution in [2.24, 2.45) is 5.10 Å². The summed E-state index contributed by atoms with van der Waals surface area (Å²) < 4.78 is 1.77. The highest BCUT2D eigenvalue weighted by Gasteiger charge is 2.06. The highest BCUT2D eigenvalue weighted by molar-refractivity contribution is 6.30. The lowest BCUT2D eigenvalue weighted by Crippen LogP contribution is -3.00. The number of halogens is 2. The molecule has 1 heterocycles. The Bertz CT molecular complexity index is 588. The summed E-state index contributed by atoms with van der Waals surface area (Å²) in [6, 6.07) is 12.8. The molecule has 104 valence electrons. The fourth-order valence-corrected chi connectivity index (χ4v) is 1.71. The molecule has 0 bridgehead atoms. The second kappa shape index (κ2) is 8.30. The summed E-state index contributed by atoms with van der Waals surface area (Å²) in [5.74, 6) is -0.186. The largest absolute Gasteiger partial charge is 1.00 e. The van der Waals surface area contributed by atoms with E-state index in [1.807, 2.05) is 42.7 Å². The molecule has 0 spiro atoms. The number of rotatable bonds is 4. The molecule has 4 nitrogen and oxygen atoms in total. The molecule has 1 N–H and O–H groups in total. The van der Waals surface area contributed by atoms with Crippen molar-refractivity contribution in [3.05, 3.63) is 65.4 Å². The molecule has 0 saturated carbocycles. The van der Waals surface area contributed by atoms with Gasteiger partial charge in [-0.1, -0.05) is 29.8 Å². The van der Waals surface area contributed by atoms with Crippen LogP contribution in [0.3, 0.4) is 0 Å². The molecule has 2 aromatic rings. The third-order valence-corrected chi connectivity index (χ3v) is 2.59. The van der Waals surface area contributed by atoms with E-state index in [4.69, 9.17) is 11.6 Å². The summed E-state index contributed by atoms with van der Waals surface area (Å²) in [7, 11) is 0. The first kappa shape index (κ1) is 16.1. The lowest BCUT2D eigenvalue weighted by molar-refractivity contribution is -0.684. The van der Waals surface area contributed by atoms with Gasteiger partial charge in [-0.15, -0.1) is 0 Å². The van der Waals surface area contributed by atoms with Gasteiger partial charge in [-0.05, 0) is 17.7 Å². The number of nitrogens with zero attached hydrogens (tertiary/aromatic N) is 2. The molecule has 6 heteroatoms. The lowest BCUT2D eigenvalue weighted by Gasteiger charge is -1.97. The van der Waals surface area contributed by atoms with E-state index in [-0.39, 0.29) is 24.9 Å². The summed E-state index contributed by atoms with van der Waals surface area (Å²) >= 11 is 5.84. The van der Waals surface area contributed by atoms with Crippen LogP contribution in [0, 0.1) is 0 Å². The van der Waals surface area contributed by atoms with Gasteiger partial charge in [0.05, 0.1) is 6.21 Å². The maximum atomic E-state index is 11.6. The summed E-state index contributed by atoms with van der Waals surface area (Å²) in [6.07, 6.45) is 5.19. The van der Waals surface area contributed by atoms with Gasteiger partial charge in [-0.25, -0.2) is 5.43 Å². The molecule has 0 aliphatic rings. The Morgan fingerprint density at radius 3 is 2.70 bits per heavy atom.